The molecule has 0 amide bonds. The van der Waals surface area contributed by atoms with Crippen LogP contribution in [0.25, 0.3) is 21.9 Å². The minimum Gasteiger partial charge on any atom is -0.285 e. The number of nitrogens with zero attached hydrogens (tertiary/aromatic N) is 4. The molecular formula is C14H6N4O2. The Hall–Kier alpha value is -3.02. The van der Waals surface area contributed by atoms with Gasteiger partial charge in [0.25, 0.3) is 0 Å². The summed E-state index contributed by atoms with van der Waals surface area (Å²) in [6.07, 6.45) is 4.05. The Morgan fingerprint density at radius 2 is 1.95 bits per heavy atom. The van der Waals surface area contributed by atoms with Gasteiger partial charge >= 0.3 is 0 Å². The minimum absolute atomic E-state index is 0.251. The van der Waals surface area contributed by atoms with Crippen LogP contribution in [-0.2, 0) is 4.79 Å². The molecule has 6 nitrogen and oxygen atoms in total. The summed E-state index contributed by atoms with van der Waals surface area (Å²) in [5, 5.41) is 0.744. The van der Waals surface area contributed by atoms with Crippen LogP contribution in [0.4, 0.5) is 5.69 Å². The topological polar surface area (TPSA) is 85.2 Å². The summed E-state index contributed by atoms with van der Waals surface area (Å²) >= 11 is 0. The maximum Gasteiger partial charge on any atom is 0.244 e. The Kier molecular flexibility index (Phi) is 2.03. The molecule has 0 saturated carbocycles. The number of ketones is 2. The van der Waals surface area contributed by atoms with Gasteiger partial charge in [0.15, 0.2) is 0 Å². The molecule has 4 rings (SSSR count). The van der Waals surface area contributed by atoms with Crippen LogP contribution in [0.2, 0.25) is 0 Å². The Balaban J connectivity index is 2.18. The Morgan fingerprint density at radius 1 is 1.05 bits per heavy atom. The largest absolute Gasteiger partial charge is 0.285 e. The molecule has 94 valence electrons. The second-order valence-corrected chi connectivity index (χ2v) is 4.40. The van der Waals surface area contributed by atoms with E-state index in [9.17, 15) is 9.59 Å². The van der Waals surface area contributed by atoms with E-state index in [0.717, 1.165) is 11.6 Å². The van der Waals surface area contributed by atoms with Crippen molar-refractivity contribution in [2.45, 2.75) is 0 Å². The van der Waals surface area contributed by atoms with E-state index in [0.29, 0.717) is 22.2 Å². The van der Waals surface area contributed by atoms with Crippen LogP contribution < -0.4 is 0 Å². The molecule has 3 heterocycles. The van der Waals surface area contributed by atoms with Crippen LogP contribution in [0, 0.1) is 0 Å². The van der Waals surface area contributed by atoms with Crippen molar-refractivity contribution in [3.05, 3.63) is 36.3 Å². The summed E-state index contributed by atoms with van der Waals surface area (Å²) in [5.41, 5.74) is 2.43. The lowest BCUT2D eigenvalue weighted by Crippen LogP contribution is -2.19. The van der Waals surface area contributed by atoms with Crippen molar-refractivity contribution in [3.8, 4) is 0 Å². The number of carbonyl (C=O) groups excluding carboxylic acids is 2. The molecule has 0 bridgehead atoms. The van der Waals surface area contributed by atoms with Crippen molar-refractivity contribution in [3.63, 3.8) is 0 Å². The molecular weight excluding hydrogens is 256 g/mol. The molecule has 0 spiro atoms. The number of Topliss-reactive ketones (excluding diaryl/α,β-unsaturated/α-hetero) is 2. The first-order valence-electron chi connectivity index (χ1n) is 5.90. The molecule has 1 aromatic carbocycles. The zero-order valence-electron chi connectivity index (χ0n) is 10.1. The molecule has 1 aliphatic rings. The number of benzene rings is 1. The summed E-state index contributed by atoms with van der Waals surface area (Å²) in [5.74, 6) is -1.21. The van der Waals surface area contributed by atoms with E-state index in [4.69, 9.17) is 0 Å². The smallest absolute Gasteiger partial charge is 0.244 e. The van der Waals surface area contributed by atoms with Crippen LogP contribution in [0.5, 0.6) is 0 Å². The number of hydrogen-bond donors (Lipinski definition) is 0. The first-order valence-corrected chi connectivity index (χ1v) is 5.90. The van der Waals surface area contributed by atoms with Crippen molar-refractivity contribution in [2.24, 2.45) is 4.99 Å². The van der Waals surface area contributed by atoms with E-state index in [2.05, 4.69) is 19.9 Å². The van der Waals surface area contributed by atoms with E-state index in [1.807, 2.05) is 12.1 Å². The van der Waals surface area contributed by atoms with Crippen molar-refractivity contribution in [2.75, 3.05) is 0 Å². The van der Waals surface area contributed by atoms with Crippen molar-refractivity contribution >= 4 is 45.4 Å². The number of aliphatic imine (C=N–C) groups is 1. The summed E-state index contributed by atoms with van der Waals surface area (Å²) < 4.78 is 0. The number of carbonyl (C=O) groups is 2. The lowest BCUT2D eigenvalue weighted by molar-refractivity contribution is -0.109. The average molecular weight is 262 g/mol. The van der Waals surface area contributed by atoms with E-state index >= 15 is 0 Å². The van der Waals surface area contributed by atoms with Crippen LogP contribution in [0.1, 0.15) is 10.4 Å². The lowest BCUT2D eigenvalue weighted by atomic mass is 9.99. The van der Waals surface area contributed by atoms with E-state index in [1.165, 1.54) is 6.33 Å². The van der Waals surface area contributed by atoms with Crippen molar-refractivity contribution in [1.82, 2.24) is 15.0 Å². The van der Waals surface area contributed by atoms with E-state index < -0.39 is 11.6 Å². The second kappa shape index (κ2) is 3.74. The fourth-order valence-corrected chi connectivity index (χ4v) is 2.27. The molecule has 0 unspecified atom stereocenters. The summed E-state index contributed by atoms with van der Waals surface area (Å²) in [7, 11) is 0. The van der Waals surface area contributed by atoms with Gasteiger partial charge in [-0.1, -0.05) is 6.07 Å². The molecule has 0 atom stereocenters. The maximum absolute atomic E-state index is 12.1. The Bertz CT molecular complexity index is 946. The third-order valence-corrected chi connectivity index (χ3v) is 3.21. The maximum atomic E-state index is 12.1. The van der Waals surface area contributed by atoms with Gasteiger partial charge in [0, 0.05) is 5.39 Å². The lowest BCUT2D eigenvalue weighted by Gasteiger charge is -2.10. The first-order chi connectivity index (χ1) is 9.74. The van der Waals surface area contributed by atoms with Gasteiger partial charge in [0.2, 0.25) is 11.6 Å². The van der Waals surface area contributed by atoms with Gasteiger partial charge in [-0.15, -0.1) is 0 Å². The number of hydrogen-bond acceptors (Lipinski definition) is 6. The van der Waals surface area contributed by atoms with Gasteiger partial charge in [0.05, 0.1) is 34.7 Å². The van der Waals surface area contributed by atoms with Gasteiger partial charge < -0.3 is 0 Å². The zero-order chi connectivity index (χ0) is 13.7. The normalized spacial score (nSPS) is 14.0. The highest BCUT2D eigenvalue weighted by atomic mass is 16.2. The van der Waals surface area contributed by atoms with Gasteiger partial charge in [-0.25, -0.2) is 15.0 Å². The van der Waals surface area contributed by atoms with Gasteiger partial charge in [-0.05, 0) is 12.1 Å². The number of pyridine rings is 1. The monoisotopic (exact) mass is 262 g/mol. The molecule has 0 saturated heterocycles. The standard InChI is InChI=1S/C14H6N4O2/c19-11-5-16-8-2-1-7-3-9-10(4-15-6-17-9)18-13(7)12(8)14(11)20/h1-6H. The Labute approximate surface area is 112 Å². The molecule has 2 aromatic heterocycles. The predicted octanol–water partition coefficient (Wildman–Crippen LogP) is 1.65. The summed E-state index contributed by atoms with van der Waals surface area (Å²) in [6.45, 7) is 0. The molecule has 0 N–H and O–H groups in total. The highest BCUT2D eigenvalue weighted by Gasteiger charge is 2.25. The summed E-state index contributed by atoms with van der Waals surface area (Å²) in [4.78, 5) is 40.0. The highest BCUT2D eigenvalue weighted by molar-refractivity contribution is 6.65. The van der Waals surface area contributed by atoms with Crippen LogP contribution >= 0.6 is 0 Å². The molecule has 3 aromatic rings. The number of aromatic nitrogens is 3. The predicted molar refractivity (Wildman–Crippen MR) is 72.3 cm³/mol. The van der Waals surface area contributed by atoms with Crippen LogP contribution in [0.3, 0.4) is 0 Å². The molecule has 0 aliphatic carbocycles. The molecule has 1 aliphatic heterocycles. The van der Waals surface area contributed by atoms with Crippen molar-refractivity contribution in [1.29, 1.82) is 0 Å². The fourth-order valence-electron chi connectivity index (χ4n) is 2.27. The SMILES string of the molecule is O=C1C=Nc2ccc3cc4ncncc4nc3c2C1=O. The molecule has 20 heavy (non-hydrogen) atoms. The van der Waals surface area contributed by atoms with Crippen molar-refractivity contribution < 1.29 is 9.59 Å². The fraction of sp³-hybridized carbons (Fsp3) is 0. The van der Waals surface area contributed by atoms with Crippen LogP contribution in [-0.4, -0.2) is 32.7 Å². The Morgan fingerprint density at radius 3 is 2.85 bits per heavy atom. The molecule has 0 fully saturated rings. The average Bonchev–Trinajstić information content (AvgIpc) is 2.48. The summed E-state index contributed by atoms with van der Waals surface area (Å²) in [6, 6.07) is 5.33. The minimum atomic E-state index is -0.629. The third-order valence-electron chi connectivity index (χ3n) is 3.21. The molecule has 6 heteroatoms. The van der Waals surface area contributed by atoms with E-state index in [1.54, 1.807) is 12.3 Å². The number of rotatable bonds is 0. The van der Waals surface area contributed by atoms with Gasteiger partial charge in [-0.3, -0.25) is 14.6 Å². The van der Waals surface area contributed by atoms with Gasteiger partial charge in [-0.2, -0.15) is 0 Å². The zero-order valence-corrected chi connectivity index (χ0v) is 10.1. The third kappa shape index (κ3) is 1.38. The van der Waals surface area contributed by atoms with E-state index in [-0.39, 0.29) is 5.56 Å². The molecule has 0 radical (unpaired) electrons. The van der Waals surface area contributed by atoms with Crippen LogP contribution in [0.15, 0.2) is 35.7 Å². The first kappa shape index (κ1) is 10.9. The quantitative estimate of drug-likeness (QED) is 0.454. The van der Waals surface area contributed by atoms with Gasteiger partial charge in [0.1, 0.15) is 11.8 Å². The highest BCUT2D eigenvalue weighted by Crippen LogP contribution is 2.30. The number of fused-ring (bicyclic) bond motifs is 4. The second-order valence-electron chi connectivity index (χ2n) is 4.40.